The molecule has 4 aromatic rings. The molecule has 144 valence electrons. The Morgan fingerprint density at radius 2 is 1.79 bits per heavy atom. The molecular formula is C17H12Cl3N5O3. The smallest absolute Gasteiger partial charge is 0.332 e. The second-order valence-corrected chi connectivity index (χ2v) is 7.27. The molecule has 0 amide bonds. The van der Waals surface area contributed by atoms with Crippen molar-refractivity contribution in [1.82, 2.24) is 23.7 Å². The number of halogens is 3. The molecule has 0 atom stereocenters. The summed E-state index contributed by atoms with van der Waals surface area (Å²) in [5.74, 6) is 0.342. The number of fused-ring (bicyclic) bond motifs is 1. The first-order chi connectivity index (χ1) is 13.3. The highest BCUT2D eigenvalue weighted by molar-refractivity contribution is 6.42. The lowest BCUT2D eigenvalue weighted by molar-refractivity contribution is 0.571. The highest BCUT2D eigenvalue weighted by atomic mass is 35.5. The van der Waals surface area contributed by atoms with Crippen LogP contribution in [0.15, 0.2) is 38.5 Å². The van der Waals surface area contributed by atoms with E-state index in [-0.39, 0.29) is 23.0 Å². The minimum atomic E-state index is -0.495. The SMILES string of the molecule is Cn1c(=O)c2c(nc(Cl)n2Cc2coc(-c3ccc(Cl)c(Cl)c3)n2)n(C)c1=O. The van der Waals surface area contributed by atoms with Crippen LogP contribution >= 0.6 is 34.8 Å². The predicted octanol–water partition coefficient (Wildman–Crippen LogP) is 3.10. The molecule has 8 nitrogen and oxygen atoms in total. The van der Waals surface area contributed by atoms with Gasteiger partial charge in [0.2, 0.25) is 11.2 Å². The van der Waals surface area contributed by atoms with E-state index < -0.39 is 11.2 Å². The fourth-order valence-corrected chi connectivity index (χ4v) is 3.39. The number of rotatable bonds is 3. The van der Waals surface area contributed by atoms with Gasteiger partial charge in [0.15, 0.2) is 11.2 Å². The molecule has 0 N–H and O–H groups in total. The Hall–Kier alpha value is -2.55. The summed E-state index contributed by atoms with van der Waals surface area (Å²) in [6.07, 6.45) is 1.45. The Labute approximate surface area is 172 Å². The highest BCUT2D eigenvalue weighted by Gasteiger charge is 2.19. The maximum Gasteiger partial charge on any atom is 0.332 e. The van der Waals surface area contributed by atoms with Crippen molar-refractivity contribution >= 4 is 46.0 Å². The van der Waals surface area contributed by atoms with Crippen LogP contribution in [0.3, 0.4) is 0 Å². The molecule has 3 heterocycles. The van der Waals surface area contributed by atoms with Crippen LogP contribution in [0.4, 0.5) is 0 Å². The normalized spacial score (nSPS) is 11.5. The molecule has 11 heteroatoms. The Morgan fingerprint density at radius 3 is 2.50 bits per heavy atom. The number of imidazole rings is 1. The van der Waals surface area contributed by atoms with Gasteiger partial charge in [-0.2, -0.15) is 4.98 Å². The van der Waals surface area contributed by atoms with Gasteiger partial charge in [0.1, 0.15) is 6.26 Å². The van der Waals surface area contributed by atoms with Crippen molar-refractivity contribution in [3.8, 4) is 11.5 Å². The molecule has 0 radical (unpaired) electrons. The van der Waals surface area contributed by atoms with E-state index in [1.165, 1.54) is 29.5 Å². The van der Waals surface area contributed by atoms with Crippen molar-refractivity contribution in [2.24, 2.45) is 14.1 Å². The lowest BCUT2D eigenvalue weighted by atomic mass is 10.2. The number of hydrogen-bond donors (Lipinski definition) is 0. The molecular weight excluding hydrogens is 429 g/mol. The van der Waals surface area contributed by atoms with Crippen LogP contribution in [0, 0.1) is 0 Å². The third-order valence-corrected chi connectivity index (χ3v) is 5.37. The molecule has 0 aliphatic carbocycles. The quantitative estimate of drug-likeness (QED) is 0.457. The van der Waals surface area contributed by atoms with Gasteiger partial charge in [0, 0.05) is 19.7 Å². The largest absolute Gasteiger partial charge is 0.444 e. The van der Waals surface area contributed by atoms with E-state index in [1.54, 1.807) is 18.2 Å². The third-order valence-electron chi connectivity index (χ3n) is 4.34. The number of oxazole rings is 1. The van der Waals surface area contributed by atoms with Crippen LogP contribution in [0.5, 0.6) is 0 Å². The minimum Gasteiger partial charge on any atom is -0.444 e. The van der Waals surface area contributed by atoms with Crippen molar-refractivity contribution in [2.45, 2.75) is 6.54 Å². The van der Waals surface area contributed by atoms with Crippen molar-refractivity contribution in [3.63, 3.8) is 0 Å². The van der Waals surface area contributed by atoms with Gasteiger partial charge < -0.3 is 8.98 Å². The van der Waals surface area contributed by atoms with E-state index in [0.717, 1.165) is 4.57 Å². The molecule has 3 aromatic heterocycles. The topological polar surface area (TPSA) is 87.8 Å². The number of aromatic nitrogens is 5. The molecule has 4 rings (SSSR count). The monoisotopic (exact) mass is 439 g/mol. The van der Waals surface area contributed by atoms with Gasteiger partial charge in [-0.1, -0.05) is 23.2 Å². The second-order valence-electron chi connectivity index (χ2n) is 6.12. The number of aryl methyl sites for hydroxylation is 1. The Balaban J connectivity index is 1.78. The van der Waals surface area contributed by atoms with E-state index in [9.17, 15) is 9.59 Å². The van der Waals surface area contributed by atoms with Gasteiger partial charge in [-0.15, -0.1) is 0 Å². The first kappa shape index (κ1) is 18.8. The van der Waals surface area contributed by atoms with E-state index in [1.807, 2.05) is 0 Å². The van der Waals surface area contributed by atoms with Crippen LogP contribution < -0.4 is 11.2 Å². The lowest BCUT2D eigenvalue weighted by Crippen LogP contribution is -2.37. The van der Waals surface area contributed by atoms with Gasteiger partial charge in [0.05, 0.1) is 22.3 Å². The molecule has 0 saturated carbocycles. The highest BCUT2D eigenvalue weighted by Crippen LogP contribution is 2.28. The molecule has 0 spiro atoms. The van der Waals surface area contributed by atoms with Crippen molar-refractivity contribution in [3.05, 3.63) is 66.3 Å². The van der Waals surface area contributed by atoms with E-state index in [0.29, 0.717) is 27.2 Å². The summed E-state index contributed by atoms with van der Waals surface area (Å²) < 4.78 is 9.26. The molecule has 0 unspecified atom stereocenters. The molecule has 28 heavy (non-hydrogen) atoms. The fraction of sp³-hybridized carbons (Fsp3) is 0.176. The zero-order valence-electron chi connectivity index (χ0n) is 14.6. The average Bonchev–Trinajstić information content (AvgIpc) is 3.26. The zero-order chi connectivity index (χ0) is 20.2. The summed E-state index contributed by atoms with van der Waals surface area (Å²) in [6, 6.07) is 5.02. The molecule has 0 aliphatic rings. The second kappa shape index (κ2) is 6.80. The molecule has 0 fully saturated rings. The summed E-state index contributed by atoms with van der Waals surface area (Å²) >= 11 is 18.2. The van der Waals surface area contributed by atoms with Crippen LogP contribution in [-0.4, -0.2) is 23.7 Å². The Bertz CT molecular complexity index is 1350. The fourth-order valence-electron chi connectivity index (χ4n) is 2.87. The van der Waals surface area contributed by atoms with Crippen LogP contribution in [0.25, 0.3) is 22.6 Å². The predicted molar refractivity (Wildman–Crippen MR) is 106 cm³/mol. The Kier molecular flexibility index (Phi) is 4.57. The maximum atomic E-state index is 12.6. The van der Waals surface area contributed by atoms with Crippen molar-refractivity contribution in [2.75, 3.05) is 0 Å². The summed E-state index contributed by atoms with van der Waals surface area (Å²) in [4.78, 5) is 33.2. The minimum absolute atomic E-state index is 0.0624. The van der Waals surface area contributed by atoms with Gasteiger partial charge >= 0.3 is 5.69 Å². The first-order valence-electron chi connectivity index (χ1n) is 7.99. The van der Waals surface area contributed by atoms with Gasteiger partial charge in [-0.05, 0) is 29.8 Å². The average molecular weight is 441 g/mol. The van der Waals surface area contributed by atoms with Crippen LogP contribution in [-0.2, 0) is 20.6 Å². The first-order valence-corrected chi connectivity index (χ1v) is 9.13. The molecule has 0 bridgehead atoms. The molecule has 1 aromatic carbocycles. The van der Waals surface area contributed by atoms with Gasteiger partial charge in [-0.3, -0.25) is 13.9 Å². The van der Waals surface area contributed by atoms with Crippen LogP contribution in [0.1, 0.15) is 5.69 Å². The van der Waals surface area contributed by atoms with E-state index >= 15 is 0 Å². The summed E-state index contributed by atoms with van der Waals surface area (Å²) in [7, 11) is 2.92. The van der Waals surface area contributed by atoms with Gasteiger partial charge in [0.25, 0.3) is 5.56 Å². The Morgan fingerprint density at radius 1 is 1.04 bits per heavy atom. The lowest BCUT2D eigenvalue weighted by Gasteiger charge is -2.05. The summed E-state index contributed by atoms with van der Waals surface area (Å²) in [5.41, 5.74) is 0.589. The van der Waals surface area contributed by atoms with E-state index in [4.69, 9.17) is 39.2 Å². The van der Waals surface area contributed by atoms with Crippen LogP contribution in [0.2, 0.25) is 15.3 Å². The number of nitrogens with zero attached hydrogens (tertiary/aromatic N) is 5. The number of benzene rings is 1. The maximum absolute atomic E-state index is 12.6. The summed E-state index contributed by atoms with van der Waals surface area (Å²) in [6.45, 7) is 0.133. The van der Waals surface area contributed by atoms with Gasteiger partial charge in [-0.25, -0.2) is 9.78 Å². The molecule has 0 aliphatic heterocycles. The third kappa shape index (κ3) is 2.94. The zero-order valence-corrected chi connectivity index (χ0v) is 16.9. The van der Waals surface area contributed by atoms with E-state index in [2.05, 4.69) is 9.97 Å². The van der Waals surface area contributed by atoms with Crippen molar-refractivity contribution < 1.29 is 4.42 Å². The molecule has 0 saturated heterocycles. The number of hydrogen-bond acceptors (Lipinski definition) is 5. The van der Waals surface area contributed by atoms with Crippen molar-refractivity contribution in [1.29, 1.82) is 0 Å². The summed E-state index contributed by atoms with van der Waals surface area (Å²) in [5, 5.41) is 0.870. The standard InChI is InChI=1S/C17H12Cl3N5O3/c1-23-13-12(15(26)24(2)17(23)27)25(16(20)22-13)6-9-7-28-14(21-9)8-3-4-10(18)11(19)5-8/h3-5,7H,6H2,1-2H3.